The molecule has 0 bridgehead atoms. The Hall–Kier alpha value is -5.79. The first-order chi connectivity index (χ1) is 36.5. The molecule has 0 radical (unpaired) electrons. The van der Waals surface area contributed by atoms with Gasteiger partial charge in [0.1, 0.15) is 24.2 Å². The lowest BCUT2D eigenvalue weighted by Gasteiger charge is -2.44. The van der Waals surface area contributed by atoms with E-state index in [-0.39, 0.29) is 117 Å². The van der Waals surface area contributed by atoms with Gasteiger partial charge in [-0.2, -0.15) is 0 Å². The van der Waals surface area contributed by atoms with Crippen molar-refractivity contribution in [2.75, 3.05) is 53.4 Å². The summed E-state index contributed by atoms with van der Waals surface area (Å²) in [4.78, 5) is 121. The topological polar surface area (TPSA) is 222 Å². The molecule has 1 unspecified atom stereocenters. The number of carbonyl (C=O) groups is 8. The molecule has 2 aromatic rings. The summed E-state index contributed by atoms with van der Waals surface area (Å²) in [6, 6.07) is 10.5. The Kier molecular flexibility index (Phi) is 19.4. The van der Waals surface area contributed by atoms with Crippen LogP contribution in [0.3, 0.4) is 0 Å². The molecule has 19 heteroatoms. The van der Waals surface area contributed by atoms with Gasteiger partial charge in [0.15, 0.2) is 0 Å². The van der Waals surface area contributed by atoms with Crippen LogP contribution >= 0.6 is 11.8 Å². The lowest BCUT2D eigenvalue weighted by atomic mass is 9.85. The number of carbonyl (C=O) groups excluding carboxylic acids is 8. The third kappa shape index (κ3) is 14.3. The van der Waals surface area contributed by atoms with Crippen LogP contribution in [0.4, 0.5) is 0 Å². The van der Waals surface area contributed by atoms with Crippen LogP contribution in [-0.4, -0.2) is 162 Å². The number of aryl methyl sites for hydroxylation is 2. The number of hydrogen-bond acceptors (Lipinski definition) is 11. The number of nitrogens with zero attached hydrogens (tertiary/aromatic N) is 4. The molecule has 5 aliphatic rings. The molecule has 2 fully saturated rings. The van der Waals surface area contributed by atoms with Gasteiger partial charge in [-0.1, -0.05) is 96.1 Å². The SMILES string of the molecule is CN[C@@H](C)C(=O)N[C@H](C(=O)N1CCN(C(=O)CC2=CCC(CC(=O)N3CCN(C(=O)[C@@H](NC(=O)[C@H](C)NC)C(C)(C)C)[C@H](C(=O)N[C@@H]4CCCc5ccccc54)C3)S2)C[C@H]1C(=O)N[C@@H]1CCCc2ccccc21)C(C)(C)C. The van der Waals surface area contributed by atoms with E-state index >= 15 is 0 Å². The molecule has 3 aliphatic heterocycles. The lowest BCUT2D eigenvalue weighted by molar-refractivity contribution is -0.152. The Balaban J connectivity index is 1.02. The highest BCUT2D eigenvalue weighted by atomic mass is 32.2. The molecule has 2 aromatic carbocycles. The summed E-state index contributed by atoms with van der Waals surface area (Å²) in [7, 11) is 3.34. The van der Waals surface area contributed by atoms with E-state index in [9.17, 15) is 38.4 Å². The number of nitrogens with one attached hydrogen (secondary N) is 6. The summed E-state index contributed by atoms with van der Waals surface area (Å²) in [6.07, 6.45) is 7.81. The molecule has 3 heterocycles. The Morgan fingerprint density at radius 2 is 1.04 bits per heavy atom. The van der Waals surface area contributed by atoms with Crippen molar-refractivity contribution in [3.05, 3.63) is 81.8 Å². The highest BCUT2D eigenvalue weighted by Crippen LogP contribution is 2.38. The lowest BCUT2D eigenvalue weighted by Crippen LogP contribution is -2.66. The number of fused-ring (bicyclic) bond motifs is 2. The van der Waals surface area contributed by atoms with Gasteiger partial charge < -0.3 is 51.5 Å². The quantitative estimate of drug-likeness (QED) is 0.142. The summed E-state index contributed by atoms with van der Waals surface area (Å²) >= 11 is 1.47. The van der Waals surface area contributed by atoms with E-state index in [4.69, 9.17) is 0 Å². The zero-order valence-corrected chi connectivity index (χ0v) is 47.8. The minimum Gasteiger partial charge on any atom is -0.347 e. The van der Waals surface area contributed by atoms with Crippen LogP contribution in [0.15, 0.2) is 59.5 Å². The first kappa shape index (κ1) is 58.9. The van der Waals surface area contributed by atoms with Crippen molar-refractivity contribution >= 4 is 59.0 Å². The summed E-state index contributed by atoms with van der Waals surface area (Å²) in [5.74, 6) is -2.55. The summed E-state index contributed by atoms with van der Waals surface area (Å²) in [5.41, 5.74) is 3.03. The minimum absolute atomic E-state index is 0.0208. The molecule has 420 valence electrons. The van der Waals surface area contributed by atoms with Crippen LogP contribution in [0.2, 0.25) is 0 Å². The third-order valence-corrected chi connectivity index (χ3v) is 17.4. The van der Waals surface area contributed by atoms with E-state index in [1.807, 2.05) is 84.0 Å². The van der Waals surface area contributed by atoms with Crippen molar-refractivity contribution in [3.63, 3.8) is 0 Å². The first-order valence-corrected chi connectivity index (χ1v) is 28.6. The maximum atomic E-state index is 14.7. The predicted octanol–water partition coefficient (Wildman–Crippen LogP) is 3.90. The number of hydrogen-bond donors (Lipinski definition) is 6. The number of allylic oxidation sites excluding steroid dienone is 1. The minimum atomic E-state index is -1.02. The Morgan fingerprint density at radius 3 is 1.47 bits per heavy atom. The van der Waals surface area contributed by atoms with E-state index in [0.717, 1.165) is 54.6 Å². The van der Waals surface area contributed by atoms with Crippen LogP contribution in [0.5, 0.6) is 0 Å². The van der Waals surface area contributed by atoms with Crippen molar-refractivity contribution in [2.45, 2.75) is 167 Å². The normalized spacial score (nSPS) is 23.2. The van der Waals surface area contributed by atoms with Crippen molar-refractivity contribution in [1.29, 1.82) is 0 Å². The molecule has 6 N–H and O–H groups in total. The summed E-state index contributed by atoms with van der Waals surface area (Å²) in [6.45, 7) is 15.2. The highest BCUT2D eigenvalue weighted by Gasteiger charge is 2.46. The fourth-order valence-corrected chi connectivity index (χ4v) is 12.4. The van der Waals surface area contributed by atoms with Gasteiger partial charge in [-0.15, -0.1) is 11.8 Å². The molecule has 9 atom stereocenters. The van der Waals surface area contributed by atoms with E-state index in [0.29, 0.717) is 6.42 Å². The number of thioether (sulfide) groups is 1. The molecule has 0 aromatic heterocycles. The zero-order valence-electron chi connectivity index (χ0n) is 47.0. The van der Waals surface area contributed by atoms with E-state index in [2.05, 4.69) is 44.0 Å². The van der Waals surface area contributed by atoms with Gasteiger partial charge >= 0.3 is 0 Å². The predicted molar refractivity (Wildman–Crippen MR) is 298 cm³/mol. The first-order valence-electron chi connectivity index (χ1n) is 27.7. The standard InChI is InChI=1S/C58H84N10O8S/c1-35(59-9)51(71)63-49(57(3,4)5)55(75)67-29-27-65(33-45(67)53(73)61-43-23-15-19-37-17-11-13-21-41(37)43)47(69)31-39-25-26-40(77-39)32-48(70)66-28-30-68(56(76)50(58(6,7)8)64-52(72)36(2)60-10)46(34-66)54(74)62-44-24-16-20-38-18-12-14-22-42(38)44/h11-14,17-18,21-22,25,35-36,40,43-46,49-50,59-60H,15-16,19-20,23-24,26-34H2,1-10H3,(H,61,73)(H,62,74)(H,63,71)(H,64,72)/t35-,36-,40?,43+,44+,45-,46-,49+,50+/m0/s1. The van der Waals surface area contributed by atoms with Gasteiger partial charge in [0, 0.05) is 37.8 Å². The Morgan fingerprint density at radius 1 is 0.610 bits per heavy atom. The third-order valence-electron chi connectivity index (χ3n) is 16.1. The smallest absolute Gasteiger partial charge is 0.246 e. The summed E-state index contributed by atoms with van der Waals surface area (Å²) < 4.78 is 0. The van der Waals surface area contributed by atoms with Crippen molar-refractivity contribution in [2.24, 2.45) is 10.8 Å². The fourth-order valence-electron chi connectivity index (χ4n) is 11.2. The second-order valence-electron chi connectivity index (χ2n) is 23.7. The number of amides is 8. The summed E-state index contributed by atoms with van der Waals surface area (Å²) in [5, 5.41) is 18.1. The molecule has 2 aliphatic carbocycles. The van der Waals surface area contributed by atoms with E-state index < -0.39 is 47.1 Å². The van der Waals surface area contributed by atoms with Gasteiger partial charge in [-0.05, 0) is 111 Å². The van der Waals surface area contributed by atoms with Crippen LogP contribution in [0, 0.1) is 10.8 Å². The van der Waals surface area contributed by atoms with E-state index in [1.165, 1.54) is 32.7 Å². The number of piperazine rings is 2. The molecular formula is C58H84N10O8S. The molecule has 8 amide bonds. The average Bonchev–Trinajstić information content (AvgIpc) is 3.85. The van der Waals surface area contributed by atoms with Gasteiger partial charge in [-0.3, -0.25) is 38.4 Å². The van der Waals surface area contributed by atoms with Gasteiger partial charge in [0.05, 0.1) is 43.7 Å². The molecule has 0 saturated carbocycles. The van der Waals surface area contributed by atoms with Crippen LogP contribution in [0.1, 0.15) is 135 Å². The average molecular weight is 1080 g/mol. The van der Waals surface area contributed by atoms with Gasteiger partial charge in [0.25, 0.3) is 0 Å². The molecule has 7 rings (SSSR count). The molecule has 18 nitrogen and oxygen atoms in total. The maximum absolute atomic E-state index is 14.7. The number of likely N-dealkylation sites (N-methyl/N-ethyl adjacent to an activating group) is 2. The van der Waals surface area contributed by atoms with Crippen molar-refractivity contribution in [1.82, 2.24) is 51.5 Å². The van der Waals surface area contributed by atoms with Gasteiger partial charge in [0.2, 0.25) is 47.3 Å². The van der Waals surface area contributed by atoms with Crippen LogP contribution in [0.25, 0.3) is 0 Å². The fraction of sp³-hybridized carbons (Fsp3) is 0.621. The Bertz CT molecular complexity index is 2560. The molecule has 77 heavy (non-hydrogen) atoms. The maximum Gasteiger partial charge on any atom is 0.246 e. The molecular weight excluding hydrogens is 997 g/mol. The largest absolute Gasteiger partial charge is 0.347 e. The van der Waals surface area contributed by atoms with E-state index in [1.54, 1.807) is 37.7 Å². The number of benzene rings is 2. The monoisotopic (exact) mass is 1080 g/mol. The second-order valence-corrected chi connectivity index (χ2v) is 25.2. The highest BCUT2D eigenvalue weighted by molar-refractivity contribution is 8.04. The molecule has 0 spiro atoms. The zero-order chi connectivity index (χ0) is 55.9. The molecule has 2 saturated heterocycles. The van der Waals surface area contributed by atoms with Gasteiger partial charge in [-0.25, -0.2) is 0 Å². The van der Waals surface area contributed by atoms with Crippen LogP contribution in [-0.2, 0) is 51.2 Å². The second kappa shape index (κ2) is 25.3. The Labute approximate surface area is 459 Å². The number of rotatable bonds is 16. The van der Waals surface area contributed by atoms with Crippen molar-refractivity contribution in [3.8, 4) is 0 Å². The van der Waals surface area contributed by atoms with Crippen molar-refractivity contribution < 1.29 is 38.4 Å². The van der Waals surface area contributed by atoms with Crippen LogP contribution < -0.4 is 31.9 Å².